The number of rotatable bonds is 2. The maximum atomic E-state index is 5.82. The lowest BCUT2D eigenvalue weighted by molar-refractivity contribution is 0.928. The molecule has 3 rings (SSSR count). The molecule has 0 spiro atoms. The summed E-state index contributed by atoms with van der Waals surface area (Å²) in [5.41, 5.74) is 11.2. The van der Waals surface area contributed by atoms with Gasteiger partial charge in [-0.05, 0) is 37.1 Å². The van der Waals surface area contributed by atoms with E-state index in [9.17, 15) is 0 Å². The first-order chi connectivity index (χ1) is 9.13. The zero-order chi connectivity index (χ0) is 13.4. The summed E-state index contributed by atoms with van der Waals surface area (Å²) in [5.74, 6) is 0.913. The minimum absolute atomic E-state index is 0.717. The fourth-order valence-corrected chi connectivity index (χ4v) is 2.24. The minimum atomic E-state index is 0.717. The summed E-state index contributed by atoms with van der Waals surface area (Å²) in [4.78, 5) is 0. The summed E-state index contributed by atoms with van der Waals surface area (Å²) < 4.78 is 1.96. The highest BCUT2D eigenvalue weighted by Crippen LogP contribution is 2.16. The molecule has 0 aliphatic heterocycles. The number of hydrogen-bond donors (Lipinski definition) is 1. The van der Waals surface area contributed by atoms with Crippen molar-refractivity contribution in [2.45, 2.75) is 20.3 Å². The third-order valence-electron chi connectivity index (χ3n) is 3.35. The number of fused-ring (bicyclic) bond motifs is 1. The topological polar surface area (TPSA) is 56.2 Å². The van der Waals surface area contributed by atoms with E-state index in [1.807, 2.05) is 22.7 Å². The molecular formula is C15H16N4. The molecule has 0 atom stereocenters. The van der Waals surface area contributed by atoms with E-state index in [4.69, 9.17) is 5.73 Å². The molecule has 0 aliphatic rings. The minimum Gasteiger partial charge on any atom is -0.398 e. The third-order valence-corrected chi connectivity index (χ3v) is 3.35. The van der Waals surface area contributed by atoms with Crippen molar-refractivity contribution in [3.05, 3.63) is 59.0 Å². The molecule has 0 bridgehead atoms. The average Bonchev–Trinajstić information content (AvgIpc) is 2.77. The van der Waals surface area contributed by atoms with Gasteiger partial charge in [-0.1, -0.05) is 23.8 Å². The summed E-state index contributed by atoms with van der Waals surface area (Å²) >= 11 is 0. The van der Waals surface area contributed by atoms with Gasteiger partial charge >= 0.3 is 0 Å². The Bertz CT molecular complexity index is 743. The first-order valence-corrected chi connectivity index (χ1v) is 6.29. The fourth-order valence-electron chi connectivity index (χ4n) is 2.24. The molecule has 0 fully saturated rings. The van der Waals surface area contributed by atoms with Crippen molar-refractivity contribution in [3.8, 4) is 0 Å². The van der Waals surface area contributed by atoms with Crippen LogP contribution in [-0.4, -0.2) is 14.6 Å². The van der Waals surface area contributed by atoms with Crippen molar-refractivity contribution >= 4 is 11.3 Å². The van der Waals surface area contributed by atoms with Crippen LogP contribution in [0.15, 0.2) is 36.5 Å². The van der Waals surface area contributed by atoms with Crippen LogP contribution in [0.4, 0.5) is 5.69 Å². The van der Waals surface area contributed by atoms with Crippen LogP contribution < -0.4 is 5.73 Å². The summed E-state index contributed by atoms with van der Waals surface area (Å²) in [6.45, 7) is 4.22. The molecule has 0 unspecified atom stereocenters. The molecule has 4 nitrogen and oxygen atoms in total. The molecule has 4 heteroatoms. The van der Waals surface area contributed by atoms with Gasteiger partial charge in [0, 0.05) is 18.3 Å². The zero-order valence-corrected chi connectivity index (χ0v) is 11.1. The van der Waals surface area contributed by atoms with Gasteiger partial charge in [-0.25, -0.2) is 0 Å². The lowest BCUT2D eigenvalue weighted by Gasteiger charge is -2.06. The van der Waals surface area contributed by atoms with Crippen LogP contribution in [0.2, 0.25) is 0 Å². The van der Waals surface area contributed by atoms with E-state index in [-0.39, 0.29) is 0 Å². The lowest BCUT2D eigenvalue weighted by Crippen LogP contribution is -1.99. The second-order valence-corrected chi connectivity index (χ2v) is 4.91. The molecule has 1 aromatic carbocycles. The Morgan fingerprint density at radius 3 is 2.79 bits per heavy atom. The van der Waals surface area contributed by atoms with E-state index in [0.717, 1.165) is 23.6 Å². The van der Waals surface area contributed by atoms with Gasteiger partial charge in [-0.2, -0.15) is 0 Å². The monoisotopic (exact) mass is 252 g/mol. The van der Waals surface area contributed by atoms with Crippen LogP contribution >= 0.6 is 0 Å². The third kappa shape index (κ3) is 2.17. The Labute approximate surface area is 111 Å². The molecule has 0 saturated carbocycles. The predicted octanol–water partition coefficient (Wildman–Crippen LogP) is 2.52. The molecule has 3 aromatic rings. The summed E-state index contributed by atoms with van der Waals surface area (Å²) in [6, 6.07) is 10.2. The van der Waals surface area contributed by atoms with Crippen molar-refractivity contribution in [2.24, 2.45) is 0 Å². The molecule has 2 N–H and O–H groups in total. The molecule has 96 valence electrons. The molecule has 0 aliphatic carbocycles. The lowest BCUT2D eigenvalue weighted by atomic mass is 10.0. The van der Waals surface area contributed by atoms with Crippen molar-refractivity contribution in [2.75, 3.05) is 5.73 Å². The Hall–Kier alpha value is -2.36. The normalized spacial score (nSPS) is 11.1. The number of aromatic nitrogens is 3. The fraction of sp³-hybridized carbons (Fsp3) is 0.200. The zero-order valence-electron chi connectivity index (χ0n) is 11.1. The maximum Gasteiger partial charge on any atom is 0.160 e. The van der Waals surface area contributed by atoms with Crippen molar-refractivity contribution in [3.63, 3.8) is 0 Å². The summed E-state index contributed by atoms with van der Waals surface area (Å²) in [7, 11) is 0. The van der Waals surface area contributed by atoms with Crippen molar-refractivity contribution in [1.29, 1.82) is 0 Å². The highest BCUT2D eigenvalue weighted by Gasteiger charge is 2.08. The highest BCUT2D eigenvalue weighted by molar-refractivity contribution is 5.47. The van der Waals surface area contributed by atoms with Gasteiger partial charge in [0.2, 0.25) is 0 Å². The largest absolute Gasteiger partial charge is 0.398 e. The summed E-state index contributed by atoms with van der Waals surface area (Å²) in [6.07, 6.45) is 2.63. The predicted molar refractivity (Wildman–Crippen MR) is 76.1 cm³/mol. The number of anilines is 1. The van der Waals surface area contributed by atoms with Gasteiger partial charge in [0.25, 0.3) is 0 Å². The highest BCUT2D eigenvalue weighted by atomic mass is 15.2. The van der Waals surface area contributed by atoms with Gasteiger partial charge in [-0.15, -0.1) is 10.2 Å². The first kappa shape index (κ1) is 11.7. The van der Waals surface area contributed by atoms with E-state index in [1.54, 1.807) is 0 Å². The number of aryl methyl sites for hydroxylation is 2. The van der Waals surface area contributed by atoms with E-state index in [0.29, 0.717) is 0 Å². The molecule has 19 heavy (non-hydrogen) atoms. The van der Waals surface area contributed by atoms with E-state index in [1.165, 1.54) is 16.7 Å². The number of pyridine rings is 1. The molecular weight excluding hydrogens is 236 g/mol. The van der Waals surface area contributed by atoms with Gasteiger partial charge < -0.3 is 5.73 Å². The molecule has 2 heterocycles. The Kier molecular flexibility index (Phi) is 2.71. The standard InChI is InChI=1S/C15H16N4/c1-10-3-4-11(2)12(7-10)8-15-18-17-14-6-5-13(16)9-19(14)15/h3-7,9H,8,16H2,1-2H3. The van der Waals surface area contributed by atoms with E-state index < -0.39 is 0 Å². The number of benzene rings is 1. The van der Waals surface area contributed by atoms with Gasteiger partial charge in [0.1, 0.15) is 5.82 Å². The molecule has 0 radical (unpaired) electrons. The Morgan fingerprint density at radius 1 is 1.11 bits per heavy atom. The van der Waals surface area contributed by atoms with Gasteiger partial charge in [0.05, 0.1) is 0 Å². The van der Waals surface area contributed by atoms with Crippen LogP contribution in [0.25, 0.3) is 5.65 Å². The quantitative estimate of drug-likeness (QED) is 0.762. The van der Waals surface area contributed by atoms with Crippen LogP contribution in [0, 0.1) is 13.8 Å². The molecule has 0 saturated heterocycles. The second-order valence-electron chi connectivity index (χ2n) is 4.91. The maximum absolute atomic E-state index is 5.82. The van der Waals surface area contributed by atoms with Gasteiger partial charge in [-0.3, -0.25) is 4.40 Å². The van der Waals surface area contributed by atoms with E-state index >= 15 is 0 Å². The van der Waals surface area contributed by atoms with Crippen molar-refractivity contribution in [1.82, 2.24) is 14.6 Å². The Morgan fingerprint density at radius 2 is 1.95 bits per heavy atom. The number of nitrogens with two attached hydrogens (primary N) is 1. The molecule has 2 aromatic heterocycles. The van der Waals surface area contributed by atoms with Crippen LogP contribution in [0.1, 0.15) is 22.5 Å². The number of hydrogen-bond acceptors (Lipinski definition) is 3. The van der Waals surface area contributed by atoms with Crippen molar-refractivity contribution < 1.29 is 0 Å². The van der Waals surface area contributed by atoms with Crippen LogP contribution in [0.3, 0.4) is 0 Å². The van der Waals surface area contributed by atoms with Gasteiger partial charge in [0.15, 0.2) is 5.65 Å². The Balaban J connectivity index is 2.05. The van der Waals surface area contributed by atoms with E-state index in [2.05, 4.69) is 42.2 Å². The number of nitrogen functional groups attached to an aromatic ring is 1. The SMILES string of the molecule is Cc1ccc(C)c(Cc2nnc3ccc(N)cn23)c1. The number of nitrogens with zero attached hydrogens (tertiary/aromatic N) is 3. The average molecular weight is 252 g/mol. The first-order valence-electron chi connectivity index (χ1n) is 6.29. The second kappa shape index (κ2) is 4.39. The summed E-state index contributed by atoms with van der Waals surface area (Å²) in [5, 5.41) is 8.43. The molecule has 0 amide bonds. The van der Waals surface area contributed by atoms with Crippen LogP contribution in [-0.2, 0) is 6.42 Å². The smallest absolute Gasteiger partial charge is 0.160 e. The van der Waals surface area contributed by atoms with Crippen LogP contribution in [0.5, 0.6) is 0 Å².